The lowest BCUT2D eigenvalue weighted by molar-refractivity contribution is -0.137. The minimum atomic E-state index is -4.43. The van der Waals surface area contributed by atoms with Crippen molar-refractivity contribution in [3.8, 4) is 5.82 Å². The van der Waals surface area contributed by atoms with Crippen LogP contribution in [0.1, 0.15) is 5.56 Å². The molecule has 4 heterocycles. The van der Waals surface area contributed by atoms with Gasteiger partial charge in [0, 0.05) is 38.1 Å². The number of benzene rings is 1. The molecule has 2 N–H and O–H groups in total. The molecule has 12 heteroatoms. The van der Waals surface area contributed by atoms with E-state index in [0.29, 0.717) is 17.2 Å². The van der Waals surface area contributed by atoms with Gasteiger partial charge in [-0.15, -0.1) is 6.58 Å². The summed E-state index contributed by atoms with van der Waals surface area (Å²) in [5.41, 5.74) is -0.368. The Morgan fingerprint density at radius 2 is 1.78 bits per heavy atom. The van der Waals surface area contributed by atoms with Crippen molar-refractivity contribution in [1.82, 2.24) is 29.6 Å². The van der Waals surface area contributed by atoms with Crippen LogP contribution in [0.25, 0.3) is 16.9 Å². The quantitative estimate of drug-likeness (QED) is 0.396. The zero-order chi connectivity index (χ0) is 25.3. The Bertz CT molecular complexity index is 1450. The number of rotatable bonds is 6. The fourth-order valence-electron chi connectivity index (χ4n) is 4.08. The largest absolute Gasteiger partial charge is 0.416 e. The molecule has 1 aliphatic heterocycles. The van der Waals surface area contributed by atoms with E-state index in [-0.39, 0.29) is 23.4 Å². The van der Waals surface area contributed by atoms with Crippen molar-refractivity contribution in [3.63, 3.8) is 0 Å². The highest BCUT2D eigenvalue weighted by Crippen LogP contribution is 2.30. The first kappa shape index (κ1) is 23.5. The first-order valence-electron chi connectivity index (χ1n) is 11.3. The second-order valence-corrected chi connectivity index (χ2v) is 8.21. The average molecular weight is 496 g/mol. The molecule has 36 heavy (non-hydrogen) atoms. The number of fused-ring (bicyclic) bond motifs is 1. The van der Waals surface area contributed by atoms with Gasteiger partial charge in [0.05, 0.1) is 12.1 Å². The van der Waals surface area contributed by atoms with Gasteiger partial charge in [0.1, 0.15) is 11.2 Å². The Hall–Kier alpha value is -4.19. The van der Waals surface area contributed by atoms with E-state index in [2.05, 4.69) is 32.1 Å². The van der Waals surface area contributed by atoms with Gasteiger partial charge in [-0.25, -0.2) is 19.3 Å². The van der Waals surface area contributed by atoms with Gasteiger partial charge in [-0.05, 0) is 36.4 Å². The van der Waals surface area contributed by atoms with Crippen LogP contribution in [-0.2, 0) is 12.7 Å². The van der Waals surface area contributed by atoms with E-state index >= 15 is 0 Å². The van der Waals surface area contributed by atoms with E-state index < -0.39 is 11.7 Å². The summed E-state index contributed by atoms with van der Waals surface area (Å²) in [6.07, 6.45) is -1.43. The van der Waals surface area contributed by atoms with Crippen LogP contribution in [-0.4, -0.2) is 50.5 Å². The Kier molecular flexibility index (Phi) is 6.18. The molecule has 9 nitrogen and oxygen atoms in total. The molecule has 0 aliphatic carbocycles. The number of hydrogen-bond donors (Lipinski definition) is 2. The molecule has 5 rings (SSSR count). The van der Waals surface area contributed by atoms with Crippen molar-refractivity contribution in [2.45, 2.75) is 12.7 Å². The maximum absolute atomic E-state index is 13.1. The van der Waals surface area contributed by atoms with E-state index in [9.17, 15) is 18.0 Å². The first-order chi connectivity index (χ1) is 17.3. The summed E-state index contributed by atoms with van der Waals surface area (Å²) in [4.78, 5) is 28.8. The maximum atomic E-state index is 13.1. The maximum Gasteiger partial charge on any atom is 0.416 e. The minimum Gasteiger partial charge on any atom is -0.354 e. The Morgan fingerprint density at radius 1 is 1.06 bits per heavy atom. The van der Waals surface area contributed by atoms with Crippen molar-refractivity contribution >= 4 is 28.5 Å². The average Bonchev–Trinajstić information content (AvgIpc) is 3.15. The van der Waals surface area contributed by atoms with E-state index in [4.69, 9.17) is 4.98 Å². The van der Waals surface area contributed by atoms with Gasteiger partial charge in [0.15, 0.2) is 11.5 Å². The second-order valence-electron chi connectivity index (χ2n) is 8.21. The molecule has 1 fully saturated rings. The highest BCUT2D eigenvalue weighted by Gasteiger charge is 2.30. The van der Waals surface area contributed by atoms with E-state index in [1.165, 1.54) is 23.0 Å². The standard InChI is InChI=1S/C24H23F3N8O/c1-2-12-34-22(36)18-15-29-23(30-17-8-6-16(7-9-17)24(25,26)27)32-21(18)35(34)20-5-3-4-19(31-20)33-13-10-28-11-14-33/h2-9,15,28H,1,10-14H2,(H,29,30,32). The van der Waals surface area contributed by atoms with Gasteiger partial charge >= 0.3 is 6.18 Å². The van der Waals surface area contributed by atoms with Gasteiger partial charge in [0.25, 0.3) is 5.56 Å². The summed E-state index contributed by atoms with van der Waals surface area (Å²) >= 11 is 0. The molecule has 0 bridgehead atoms. The number of nitrogens with one attached hydrogen (secondary N) is 2. The fourth-order valence-corrected chi connectivity index (χ4v) is 4.08. The molecule has 0 unspecified atom stereocenters. The lowest BCUT2D eigenvalue weighted by Gasteiger charge is -2.28. The summed E-state index contributed by atoms with van der Waals surface area (Å²) in [6.45, 7) is 7.30. The lowest BCUT2D eigenvalue weighted by atomic mass is 10.2. The molecule has 4 aromatic rings. The SMILES string of the molecule is C=CCn1c(=O)c2cnc(Nc3ccc(C(F)(F)F)cc3)nc2n1-c1cccc(N2CCNCC2)n1. The lowest BCUT2D eigenvalue weighted by Crippen LogP contribution is -2.44. The number of allylic oxidation sites excluding steroid dienone is 1. The van der Waals surface area contributed by atoms with Crippen LogP contribution in [0, 0.1) is 0 Å². The van der Waals surface area contributed by atoms with Crippen LogP contribution in [0.3, 0.4) is 0 Å². The normalized spacial score (nSPS) is 14.2. The van der Waals surface area contributed by atoms with E-state index in [1.807, 2.05) is 12.1 Å². The third-order valence-electron chi connectivity index (χ3n) is 5.82. The molecule has 1 aromatic carbocycles. The number of nitrogens with zero attached hydrogens (tertiary/aromatic N) is 6. The summed E-state index contributed by atoms with van der Waals surface area (Å²) in [7, 11) is 0. The molecule has 1 saturated heterocycles. The molecule has 0 atom stereocenters. The Morgan fingerprint density at radius 3 is 2.47 bits per heavy atom. The molecular formula is C24H23F3N8O. The van der Waals surface area contributed by atoms with Gasteiger partial charge < -0.3 is 15.5 Å². The number of anilines is 3. The molecular weight excluding hydrogens is 473 g/mol. The monoisotopic (exact) mass is 496 g/mol. The van der Waals surface area contributed by atoms with Crippen LogP contribution >= 0.6 is 0 Å². The molecule has 0 radical (unpaired) electrons. The number of hydrogen-bond acceptors (Lipinski definition) is 7. The molecule has 0 saturated carbocycles. The first-order valence-corrected chi connectivity index (χ1v) is 11.3. The number of piperazine rings is 1. The summed E-state index contributed by atoms with van der Waals surface area (Å²) in [5.74, 6) is 1.41. The highest BCUT2D eigenvalue weighted by atomic mass is 19.4. The second kappa shape index (κ2) is 9.46. The molecule has 0 amide bonds. The van der Waals surface area contributed by atoms with Crippen LogP contribution < -0.4 is 21.1 Å². The van der Waals surface area contributed by atoms with E-state index in [1.54, 1.807) is 16.8 Å². The van der Waals surface area contributed by atoms with Crippen molar-refractivity contribution in [2.24, 2.45) is 0 Å². The van der Waals surface area contributed by atoms with Crippen molar-refractivity contribution in [2.75, 3.05) is 36.4 Å². The molecule has 0 spiro atoms. The number of aromatic nitrogens is 5. The van der Waals surface area contributed by atoms with Gasteiger partial charge in [-0.2, -0.15) is 18.2 Å². The van der Waals surface area contributed by atoms with Gasteiger partial charge in [0.2, 0.25) is 5.95 Å². The van der Waals surface area contributed by atoms with Gasteiger partial charge in [-0.1, -0.05) is 12.1 Å². The van der Waals surface area contributed by atoms with Crippen LogP contribution in [0.5, 0.6) is 0 Å². The fraction of sp³-hybridized carbons (Fsp3) is 0.250. The van der Waals surface area contributed by atoms with Crippen molar-refractivity contribution in [1.29, 1.82) is 0 Å². The van der Waals surface area contributed by atoms with Gasteiger partial charge in [-0.3, -0.25) is 4.79 Å². The number of alkyl halides is 3. The predicted molar refractivity (Wildman–Crippen MR) is 131 cm³/mol. The topological polar surface area (TPSA) is 92.9 Å². The molecule has 186 valence electrons. The number of pyridine rings is 1. The van der Waals surface area contributed by atoms with Crippen molar-refractivity contribution < 1.29 is 13.2 Å². The summed E-state index contributed by atoms with van der Waals surface area (Å²) in [5, 5.41) is 6.50. The Balaban J connectivity index is 1.56. The number of halogens is 3. The smallest absolute Gasteiger partial charge is 0.354 e. The third kappa shape index (κ3) is 4.54. The van der Waals surface area contributed by atoms with Crippen LogP contribution in [0.15, 0.2) is 66.1 Å². The van der Waals surface area contributed by atoms with Crippen molar-refractivity contribution in [3.05, 3.63) is 77.2 Å². The minimum absolute atomic E-state index is 0.130. The zero-order valence-corrected chi connectivity index (χ0v) is 19.2. The zero-order valence-electron chi connectivity index (χ0n) is 19.2. The summed E-state index contributed by atoms with van der Waals surface area (Å²) in [6, 6.07) is 10.1. The molecule has 3 aromatic heterocycles. The third-order valence-corrected chi connectivity index (χ3v) is 5.82. The highest BCUT2D eigenvalue weighted by molar-refractivity contribution is 5.77. The van der Waals surface area contributed by atoms with E-state index in [0.717, 1.165) is 44.1 Å². The Labute approximate surface area is 203 Å². The summed E-state index contributed by atoms with van der Waals surface area (Å²) < 4.78 is 41.7. The van der Waals surface area contributed by atoms with Crippen LogP contribution in [0.2, 0.25) is 0 Å². The van der Waals surface area contributed by atoms with Crippen LogP contribution in [0.4, 0.5) is 30.6 Å². The molecule has 1 aliphatic rings. The predicted octanol–water partition coefficient (Wildman–Crippen LogP) is 3.34.